The zero-order valence-electron chi connectivity index (χ0n) is 15.3. The van der Waals surface area contributed by atoms with E-state index in [-0.39, 0.29) is 43.7 Å². The molecule has 0 aromatic heterocycles. The van der Waals surface area contributed by atoms with E-state index in [0.29, 0.717) is 6.42 Å². The number of hydrogen-bond donors (Lipinski definition) is 0. The van der Waals surface area contributed by atoms with Gasteiger partial charge in [-0.25, -0.2) is 0 Å². The maximum absolute atomic E-state index is 10.9. The molecule has 0 aliphatic carbocycles. The Bertz CT molecular complexity index is 219. The third-order valence-electron chi connectivity index (χ3n) is 4.21. The molecular formula is C19H38CaO2. The standard InChI is InChI=1S/C19H38O2.Ca/c1-3-4-5-6-7-8-9-10-11-12-13-14-15-16-17-18-19(20)21-2;/h3-18H2,1-2H3;. The molecule has 0 fully saturated rings. The largest absolute Gasteiger partial charge is 0.469 e. The summed E-state index contributed by atoms with van der Waals surface area (Å²) in [7, 11) is 1.47. The fourth-order valence-electron chi connectivity index (χ4n) is 2.74. The average molecular weight is 339 g/mol. The predicted octanol–water partition coefficient (Wildman–Crippen LogP) is 6.04. The van der Waals surface area contributed by atoms with E-state index in [0.717, 1.165) is 6.42 Å². The quantitative estimate of drug-likeness (QED) is 0.195. The molecule has 0 aliphatic rings. The van der Waals surface area contributed by atoms with Crippen molar-refractivity contribution < 1.29 is 9.53 Å². The van der Waals surface area contributed by atoms with Crippen molar-refractivity contribution in [2.75, 3.05) is 7.11 Å². The summed E-state index contributed by atoms with van der Waals surface area (Å²) < 4.78 is 4.63. The number of carbonyl (C=O) groups is 1. The molecule has 0 aromatic carbocycles. The van der Waals surface area contributed by atoms with Gasteiger partial charge in [-0.2, -0.15) is 0 Å². The molecule has 0 heterocycles. The molecule has 0 aromatic rings. The van der Waals surface area contributed by atoms with Gasteiger partial charge in [-0.05, 0) is 6.42 Å². The van der Waals surface area contributed by atoms with Crippen LogP contribution >= 0.6 is 0 Å². The molecule has 0 spiro atoms. The molecule has 2 radical (unpaired) electrons. The number of ether oxygens (including phenoxy) is 1. The Balaban J connectivity index is 0. The van der Waals surface area contributed by atoms with Crippen molar-refractivity contribution in [2.45, 2.75) is 110 Å². The van der Waals surface area contributed by atoms with Crippen LogP contribution in [-0.4, -0.2) is 50.8 Å². The van der Waals surface area contributed by atoms with Gasteiger partial charge in [0.25, 0.3) is 0 Å². The molecule has 0 unspecified atom stereocenters. The zero-order chi connectivity index (χ0) is 15.6. The summed E-state index contributed by atoms with van der Waals surface area (Å²) in [5, 5.41) is 0. The smallest absolute Gasteiger partial charge is 0.305 e. The summed E-state index contributed by atoms with van der Waals surface area (Å²) in [6.45, 7) is 2.28. The number of hydrogen-bond acceptors (Lipinski definition) is 2. The second-order valence-electron chi connectivity index (χ2n) is 6.28. The summed E-state index contributed by atoms with van der Waals surface area (Å²) in [5.41, 5.74) is 0. The van der Waals surface area contributed by atoms with E-state index in [1.165, 1.54) is 97.0 Å². The second-order valence-corrected chi connectivity index (χ2v) is 6.28. The summed E-state index contributed by atoms with van der Waals surface area (Å²) in [6, 6.07) is 0. The molecule has 0 aliphatic heterocycles. The maximum Gasteiger partial charge on any atom is 0.305 e. The normalized spacial score (nSPS) is 10.3. The van der Waals surface area contributed by atoms with E-state index in [4.69, 9.17) is 0 Å². The van der Waals surface area contributed by atoms with E-state index in [1.807, 2.05) is 0 Å². The Labute approximate surface area is 169 Å². The summed E-state index contributed by atoms with van der Waals surface area (Å²) in [5.74, 6) is -0.0651. The van der Waals surface area contributed by atoms with Crippen LogP contribution in [0.15, 0.2) is 0 Å². The number of unbranched alkanes of at least 4 members (excludes halogenated alkanes) is 14. The van der Waals surface area contributed by atoms with Crippen LogP contribution in [0.4, 0.5) is 0 Å². The first-order valence-electron chi connectivity index (χ1n) is 9.38. The van der Waals surface area contributed by atoms with Crippen molar-refractivity contribution in [3.05, 3.63) is 0 Å². The Morgan fingerprint density at radius 2 is 0.955 bits per heavy atom. The van der Waals surface area contributed by atoms with Crippen molar-refractivity contribution in [3.8, 4) is 0 Å². The molecule has 0 saturated carbocycles. The van der Waals surface area contributed by atoms with Gasteiger partial charge in [0.1, 0.15) is 0 Å². The van der Waals surface area contributed by atoms with Gasteiger partial charge in [0.15, 0.2) is 0 Å². The van der Waals surface area contributed by atoms with Gasteiger partial charge in [0, 0.05) is 44.2 Å². The first-order chi connectivity index (χ1) is 10.3. The van der Waals surface area contributed by atoms with Crippen LogP contribution in [0.3, 0.4) is 0 Å². The Kier molecular flexibility index (Phi) is 24.7. The number of methoxy groups -OCH3 is 1. The third-order valence-corrected chi connectivity index (χ3v) is 4.21. The van der Waals surface area contributed by atoms with Crippen LogP contribution in [0.2, 0.25) is 0 Å². The van der Waals surface area contributed by atoms with E-state index >= 15 is 0 Å². The molecule has 0 amide bonds. The molecule has 2 nitrogen and oxygen atoms in total. The number of carbonyl (C=O) groups excluding carboxylic acids is 1. The Morgan fingerprint density at radius 3 is 1.27 bits per heavy atom. The molecule has 0 atom stereocenters. The van der Waals surface area contributed by atoms with Crippen LogP contribution in [0, 0.1) is 0 Å². The van der Waals surface area contributed by atoms with E-state index in [1.54, 1.807) is 0 Å². The molecular weight excluding hydrogens is 300 g/mol. The van der Waals surface area contributed by atoms with Gasteiger partial charge >= 0.3 is 5.97 Å². The van der Waals surface area contributed by atoms with Crippen molar-refractivity contribution >= 4 is 43.7 Å². The zero-order valence-corrected chi connectivity index (χ0v) is 17.5. The van der Waals surface area contributed by atoms with Gasteiger partial charge in [-0.3, -0.25) is 4.79 Å². The molecule has 0 rings (SSSR count). The predicted molar refractivity (Wildman–Crippen MR) is 97.3 cm³/mol. The maximum atomic E-state index is 10.9. The minimum Gasteiger partial charge on any atom is -0.469 e. The monoisotopic (exact) mass is 338 g/mol. The fraction of sp³-hybridized carbons (Fsp3) is 0.947. The SMILES string of the molecule is CCCCCCCCCCCCCCCCCC(=O)OC.[Ca]. The number of rotatable bonds is 16. The van der Waals surface area contributed by atoms with Gasteiger partial charge in [-0.1, -0.05) is 96.8 Å². The fourth-order valence-corrected chi connectivity index (χ4v) is 2.74. The van der Waals surface area contributed by atoms with Gasteiger partial charge < -0.3 is 4.74 Å². The van der Waals surface area contributed by atoms with Crippen LogP contribution < -0.4 is 0 Å². The van der Waals surface area contributed by atoms with Crippen LogP contribution in [0.25, 0.3) is 0 Å². The van der Waals surface area contributed by atoms with Crippen molar-refractivity contribution in [2.24, 2.45) is 0 Å². The van der Waals surface area contributed by atoms with Crippen molar-refractivity contribution in [1.82, 2.24) is 0 Å². The second kappa shape index (κ2) is 21.7. The van der Waals surface area contributed by atoms with Crippen LogP contribution in [0.1, 0.15) is 110 Å². The molecule has 0 saturated heterocycles. The van der Waals surface area contributed by atoms with Crippen LogP contribution in [-0.2, 0) is 9.53 Å². The Hall–Kier alpha value is 0.730. The first kappa shape index (κ1) is 25.0. The van der Waals surface area contributed by atoms with Crippen molar-refractivity contribution in [1.29, 1.82) is 0 Å². The third kappa shape index (κ3) is 20.7. The minimum absolute atomic E-state index is 0. The average Bonchev–Trinajstić information content (AvgIpc) is 2.50. The Morgan fingerprint density at radius 1 is 0.636 bits per heavy atom. The van der Waals surface area contributed by atoms with Crippen LogP contribution in [0.5, 0.6) is 0 Å². The molecule has 3 heteroatoms. The molecule has 128 valence electrons. The van der Waals surface area contributed by atoms with Crippen molar-refractivity contribution in [3.63, 3.8) is 0 Å². The summed E-state index contributed by atoms with van der Waals surface area (Å²) >= 11 is 0. The van der Waals surface area contributed by atoms with E-state index in [2.05, 4.69) is 11.7 Å². The minimum atomic E-state index is -0.0651. The molecule has 0 bridgehead atoms. The number of esters is 1. The topological polar surface area (TPSA) is 26.3 Å². The summed E-state index contributed by atoms with van der Waals surface area (Å²) in [4.78, 5) is 10.9. The van der Waals surface area contributed by atoms with Gasteiger partial charge in [0.2, 0.25) is 0 Å². The van der Waals surface area contributed by atoms with E-state index in [9.17, 15) is 4.79 Å². The summed E-state index contributed by atoms with van der Waals surface area (Å²) in [6.07, 6.45) is 20.9. The molecule has 22 heavy (non-hydrogen) atoms. The van der Waals surface area contributed by atoms with E-state index < -0.39 is 0 Å². The van der Waals surface area contributed by atoms with Gasteiger partial charge in [-0.15, -0.1) is 0 Å². The van der Waals surface area contributed by atoms with Gasteiger partial charge in [0.05, 0.1) is 7.11 Å². The first-order valence-corrected chi connectivity index (χ1v) is 9.38. The molecule has 0 N–H and O–H groups in total.